The van der Waals surface area contributed by atoms with Crippen LogP contribution in [0.4, 0.5) is 0 Å². The first kappa shape index (κ1) is 15.7. The van der Waals surface area contributed by atoms with Crippen LogP contribution in [0.15, 0.2) is 64.2 Å². The van der Waals surface area contributed by atoms with Gasteiger partial charge in [-0.2, -0.15) is 0 Å². The van der Waals surface area contributed by atoms with Crippen LogP contribution in [0.2, 0.25) is 10.0 Å². The van der Waals surface area contributed by atoms with Crippen LogP contribution in [0.3, 0.4) is 0 Å². The Labute approximate surface area is 151 Å². The number of benzene rings is 2. The van der Waals surface area contributed by atoms with E-state index in [9.17, 15) is 9.59 Å². The minimum absolute atomic E-state index is 0.288. The van der Waals surface area contributed by atoms with E-state index in [-0.39, 0.29) is 11.1 Å². The molecule has 0 spiro atoms. The predicted molar refractivity (Wildman–Crippen MR) is 100.0 cm³/mol. The smallest absolute Gasteiger partial charge is 0.281 e. The van der Waals surface area contributed by atoms with E-state index in [1.165, 1.54) is 10.7 Å². The first-order valence-corrected chi connectivity index (χ1v) is 8.18. The SMILES string of the molecule is O=c1cc2[nH]n(-c3cccc(Cl)c3)c(=O)c2c(-c2cccc(Cl)c2)[nH]1. The number of aromatic nitrogens is 3. The van der Waals surface area contributed by atoms with Gasteiger partial charge in [-0.3, -0.25) is 14.7 Å². The van der Waals surface area contributed by atoms with Crippen LogP contribution >= 0.6 is 23.2 Å². The van der Waals surface area contributed by atoms with Crippen molar-refractivity contribution in [3.63, 3.8) is 0 Å². The van der Waals surface area contributed by atoms with Gasteiger partial charge in [-0.25, -0.2) is 4.68 Å². The van der Waals surface area contributed by atoms with E-state index in [4.69, 9.17) is 23.2 Å². The van der Waals surface area contributed by atoms with E-state index >= 15 is 0 Å². The van der Waals surface area contributed by atoms with Gasteiger partial charge in [-0.05, 0) is 30.3 Å². The quantitative estimate of drug-likeness (QED) is 0.559. The maximum absolute atomic E-state index is 13.0. The molecule has 4 aromatic rings. The van der Waals surface area contributed by atoms with Crippen LogP contribution < -0.4 is 11.1 Å². The number of rotatable bonds is 2. The summed E-state index contributed by atoms with van der Waals surface area (Å²) < 4.78 is 1.36. The molecule has 0 unspecified atom stereocenters. The molecule has 0 aliphatic rings. The van der Waals surface area contributed by atoms with Gasteiger partial charge in [0.15, 0.2) is 0 Å². The molecule has 4 rings (SSSR count). The van der Waals surface area contributed by atoms with E-state index in [2.05, 4.69) is 10.1 Å². The lowest BCUT2D eigenvalue weighted by Crippen LogP contribution is -2.15. The Hall–Kier alpha value is -2.76. The molecule has 2 aromatic heterocycles. The summed E-state index contributed by atoms with van der Waals surface area (Å²) in [4.78, 5) is 27.7. The largest absolute Gasteiger partial charge is 0.321 e. The van der Waals surface area contributed by atoms with Crippen LogP contribution in [0.25, 0.3) is 27.8 Å². The minimum atomic E-state index is -0.318. The number of H-pyrrole nitrogens is 2. The van der Waals surface area contributed by atoms with Crippen LogP contribution in [0, 0.1) is 0 Å². The maximum Gasteiger partial charge on any atom is 0.281 e. The fourth-order valence-electron chi connectivity index (χ4n) is 2.81. The van der Waals surface area contributed by atoms with Crippen molar-refractivity contribution in [1.82, 2.24) is 14.8 Å². The molecule has 0 saturated heterocycles. The molecule has 7 heteroatoms. The number of hydrogen-bond acceptors (Lipinski definition) is 2. The molecule has 25 heavy (non-hydrogen) atoms. The van der Waals surface area contributed by atoms with Gasteiger partial charge >= 0.3 is 0 Å². The lowest BCUT2D eigenvalue weighted by Gasteiger charge is -2.03. The van der Waals surface area contributed by atoms with Crippen LogP contribution in [-0.4, -0.2) is 14.8 Å². The molecule has 0 amide bonds. The van der Waals surface area contributed by atoms with Gasteiger partial charge in [0.25, 0.3) is 11.1 Å². The second-order valence-corrected chi connectivity index (χ2v) is 6.41. The third-order valence-electron chi connectivity index (χ3n) is 3.87. The number of hydrogen-bond donors (Lipinski definition) is 2. The molecule has 2 N–H and O–H groups in total. The number of aromatic amines is 2. The highest BCUT2D eigenvalue weighted by atomic mass is 35.5. The second kappa shape index (κ2) is 5.95. The Morgan fingerprint density at radius 3 is 2.32 bits per heavy atom. The predicted octanol–water partition coefficient (Wildman–Crippen LogP) is 3.98. The fraction of sp³-hybridized carbons (Fsp3) is 0. The number of pyridine rings is 1. The highest BCUT2D eigenvalue weighted by Crippen LogP contribution is 2.25. The summed E-state index contributed by atoms with van der Waals surface area (Å²) in [7, 11) is 0. The van der Waals surface area contributed by atoms with Crippen LogP contribution in [0.1, 0.15) is 0 Å². The van der Waals surface area contributed by atoms with Gasteiger partial charge in [0, 0.05) is 21.7 Å². The average Bonchev–Trinajstić information content (AvgIpc) is 2.91. The Morgan fingerprint density at radius 2 is 1.60 bits per heavy atom. The summed E-state index contributed by atoms with van der Waals surface area (Å²) in [6.45, 7) is 0. The highest BCUT2D eigenvalue weighted by Gasteiger charge is 2.15. The molecule has 0 aliphatic carbocycles. The molecule has 0 atom stereocenters. The second-order valence-electron chi connectivity index (χ2n) is 5.54. The van der Waals surface area contributed by atoms with Gasteiger partial charge in [0.2, 0.25) is 0 Å². The van der Waals surface area contributed by atoms with E-state index in [0.29, 0.717) is 37.9 Å². The van der Waals surface area contributed by atoms with Gasteiger partial charge in [0.1, 0.15) is 0 Å². The van der Waals surface area contributed by atoms with Gasteiger partial charge in [0.05, 0.1) is 22.3 Å². The molecular weight excluding hydrogens is 361 g/mol. The first-order chi connectivity index (χ1) is 12.0. The van der Waals surface area contributed by atoms with E-state index < -0.39 is 0 Å². The van der Waals surface area contributed by atoms with E-state index in [0.717, 1.165) is 0 Å². The van der Waals surface area contributed by atoms with Gasteiger partial charge < -0.3 is 4.98 Å². The average molecular weight is 372 g/mol. The molecule has 0 aliphatic heterocycles. The molecule has 5 nitrogen and oxygen atoms in total. The molecule has 0 saturated carbocycles. The fourth-order valence-corrected chi connectivity index (χ4v) is 3.19. The number of halogens is 2. The van der Waals surface area contributed by atoms with Crippen molar-refractivity contribution in [3.8, 4) is 16.9 Å². The molecule has 2 aromatic carbocycles. The van der Waals surface area contributed by atoms with Crippen molar-refractivity contribution in [3.05, 3.63) is 85.4 Å². The highest BCUT2D eigenvalue weighted by molar-refractivity contribution is 6.31. The first-order valence-electron chi connectivity index (χ1n) is 7.43. The Kier molecular flexibility index (Phi) is 3.75. The van der Waals surface area contributed by atoms with Crippen LogP contribution in [0.5, 0.6) is 0 Å². The summed E-state index contributed by atoms with van der Waals surface area (Å²) in [5.74, 6) is 0. The third-order valence-corrected chi connectivity index (χ3v) is 4.34. The molecule has 0 fully saturated rings. The van der Waals surface area contributed by atoms with Crippen molar-refractivity contribution in [2.45, 2.75) is 0 Å². The number of nitrogens with one attached hydrogen (secondary N) is 2. The monoisotopic (exact) mass is 371 g/mol. The van der Waals surface area contributed by atoms with Crippen LogP contribution in [-0.2, 0) is 0 Å². The summed E-state index contributed by atoms with van der Waals surface area (Å²) >= 11 is 12.1. The number of nitrogens with zero attached hydrogens (tertiary/aromatic N) is 1. The Morgan fingerprint density at radius 1 is 0.880 bits per heavy atom. The van der Waals surface area contributed by atoms with Crippen molar-refractivity contribution < 1.29 is 0 Å². The normalized spacial score (nSPS) is 11.1. The standard InChI is InChI=1S/C18H11Cl2N3O2/c19-11-4-1-3-10(7-11)17-16-14(9-15(24)21-17)22-23(18(16)25)13-6-2-5-12(20)8-13/h1-9,22H,(H,21,24). The zero-order valence-corrected chi connectivity index (χ0v) is 14.2. The maximum atomic E-state index is 13.0. The van der Waals surface area contributed by atoms with Crippen molar-refractivity contribution in [1.29, 1.82) is 0 Å². The van der Waals surface area contributed by atoms with Crippen molar-refractivity contribution in [2.75, 3.05) is 0 Å². The van der Waals surface area contributed by atoms with Gasteiger partial charge in [-0.15, -0.1) is 0 Å². The Bertz CT molecular complexity index is 1220. The van der Waals surface area contributed by atoms with E-state index in [1.54, 1.807) is 48.5 Å². The summed E-state index contributed by atoms with van der Waals surface area (Å²) in [6, 6.07) is 15.2. The summed E-state index contributed by atoms with van der Waals surface area (Å²) in [5.41, 5.74) is 1.49. The third kappa shape index (κ3) is 2.77. The molecular formula is C18H11Cl2N3O2. The topological polar surface area (TPSA) is 70.7 Å². The lowest BCUT2D eigenvalue weighted by molar-refractivity contribution is 0.863. The molecule has 0 bridgehead atoms. The van der Waals surface area contributed by atoms with Crippen molar-refractivity contribution >= 4 is 34.1 Å². The summed E-state index contributed by atoms with van der Waals surface area (Å²) in [6.07, 6.45) is 0. The Balaban J connectivity index is 2.06. The minimum Gasteiger partial charge on any atom is -0.321 e. The molecule has 0 radical (unpaired) electrons. The lowest BCUT2D eigenvalue weighted by atomic mass is 10.1. The summed E-state index contributed by atoms with van der Waals surface area (Å²) in [5, 5.41) is 4.37. The molecule has 124 valence electrons. The van der Waals surface area contributed by atoms with Gasteiger partial charge in [-0.1, -0.05) is 41.4 Å². The molecule has 2 heterocycles. The van der Waals surface area contributed by atoms with Crippen molar-refractivity contribution in [2.24, 2.45) is 0 Å². The zero-order valence-electron chi connectivity index (χ0n) is 12.7. The van der Waals surface area contributed by atoms with E-state index in [1.807, 2.05) is 0 Å². The zero-order chi connectivity index (χ0) is 17.6. The number of fused-ring (bicyclic) bond motifs is 1.